The summed E-state index contributed by atoms with van der Waals surface area (Å²) >= 11 is 0. The summed E-state index contributed by atoms with van der Waals surface area (Å²) in [5.74, 6) is 0.160. The van der Waals surface area contributed by atoms with Gasteiger partial charge in [0.15, 0.2) is 0 Å². The summed E-state index contributed by atoms with van der Waals surface area (Å²) < 4.78 is 2.10. The number of carbonyl (C=O) groups is 1. The zero-order valence-corrected chi connectivity index (χ0v) is 11.7. The van der Waals surface area contributed by atoms with Gasteiger partial charge in [-0.1, -0.05) is 0 Å². The number of aryl methyl sites for hydroxylation is 1. The molecule has 1 aliphatic rings. The molecule has 0 saturated heterocycles. The van der Waals surface area contributed by atoms with Crippen molar-refractivity contribution < 1.29 is 4.79 Å². The van der Waals surface area contributed by atoms with Crippen LogP contribution in [0.15, 0.2) is 9.59 Å². The van der Waals surface area contributed by atoms with Gasteiger partial charge in [0.2, 0.25) is 11.7 Å². The molecule has 110 valence electrons. The summed E-state index contributed by atoms with van der Waals surface area (Å²) in [6, 6.07) is 0.369. The first-order chi connectivity index (χ1) is 9.49. The normalized spacial score (nSPS) is 14.1. The molecule has 1 aromatic heterocycles. The quantitative estimate of drug-likeness (QED) is 0.648. The third-order valence-electron chi connectivity index (χ3n) is 3.14. The number of amides is 1. The lowest BCUT2D eigenvalue weighted by molar-refractivity contribution is -0.121. The second kappa shape index (κ2) is 5.89. The van der Waals surface area contributed by atoms with Gasteiger partial charge in [0.25, 0.3) is 5.56 Å². The first-order valence-corrected chi connectivity index (χ1v) is 6.66. The minimum absolute atomic E-state index is 0.0376. The third kappa shape index (κ3) is 3.46. The van der Waals surface area contributed by atoms with Gasteiger partial charge in [-0.15, -0.1) is 5.10 Å². The zero-order chi connectivity index (χ0) is 14.7. The maximum absolute atomic E-state index is 11.8. The molecule has 0 aliphatic heterocycles. The Morgan fingerprint density at radius 1 is 1.35 bits per heavy atom. The highest BCUT2D eigenvalue weighted by Gasteiger charge is 2.22. The maximum Gasteiger partial charge on any atom is 0.346 e. The number of carbonyl (C=O) groups excluding carboxylic acids is 1. The fraction of sp³-hybridized carbons (Fsp3) is 0.667. The predicted octanol–water partition coefficient (Wildman–Crippen LogP) is -1.05. The van der Waals surface area contributed by atoms with E-state index in [1.807, 2.05) is 0 Å². The van der Waals surface area contributed by atoms with Gasteiger partial charge >= 0.3 is 5.69 Å². The largest absolute Gasteiger partial charge is 0.364 e. The van der Waals surface area contributed by atoms with E-state index in [1.54, 1.807) is 0 Å². The van der Waals surface area contributed by atoms with Gasteiger partial charge in [-0.3, -0.25) is 14.2 Å². The fourth-order valence-electron chi connectivity index (χ4n) is 1.79. The van der Waals surface area contributed by atoms with E-state index in [2.05, 4.69) is 15.7 Å². The fourth-order valence-corrected chi connectivity index (χ4v) is 1.79. The van der Waals surface area contributed by atoms with Crippen molar-refractivity contribution in [3.05, 3.63) is 20.8 Å². The number of aromatic nitrogens is 3. The molecular formula is C12H19N5O3. The van der Waals surface area contributed by atoms with E-state index in [9.17, 15) is 14.4 Å². The van der Waals surface area contributed by atoms with Crippen LogP contribution < -0.4 is 21.9 Å². The second-order valence-electron chi connectivity index (χ2n) is 4.99. The summed E-state index contributed by atoms with van der Waals surface area (Å²) in [4.78, 5) is 34.7. The van der Waals surface area contributed by atoms with Crippen LogP contribution in [0.1, 0.15) is 25.7 Å². The molecule has 0 bridgehead atoms. The lowest BCUT2D eigenvalue weighted by Crippen LogP contribution is -2.40. The maximum atomic E-state index is 11.8. The number of nitrogens with zero attached hydrogens (tertiary/aromatic N) is 3. The summed E-state index contributed by atoms with van der Waals surface area (Å²) in [5, 5.41) is 9.63. The van der Waals surface area contributed by atoms with Crippen molar-refractivity contribution in [2.24, 2.45) is 14.1 Å². The number of hydrogen-bond acceptors (Lipinski definition) is 5. The SMILES string of the molecule is Cn1nc(NCCCC(=O)NC2CC2)c(=O)n(C)c1=O. The van der Waals surface area contributed by atoms with Crippen LogP contribution in [0.5, 0.6) is 0 Å². The minimum atomic E-state index is -0.468. The standard InChI is InChI=1S/C12H19N5O3/c1-16-11(19)10(15-17(2)12(16)20)13-7-3-4-9(18)14-8-5-6-8/h8H,3-7H2,1-2H3,(H,13,15)(H,14,18). The second-order valence-corrected chi connectivity index (χ2v) is 4.99. The monoisotopic (exact) mass is 281 g/mol. The minimum Gasteiger partial charge on any atom is -0.364 e. The van der Waals surface area contributed by atoms with Crippen LogP contribution >= 0.6 is 0 Å². The van der Waals surface area contributed by atoms with Gasteiger partial charge in [-0.05, 0) is 19.3 Å². The Bertz CT molecular complexity index is 614. The van der Waals surface area contributed by atoms with Gasteiger partial charge in [0.1, 0.15) is 0 Å². The van der Waals surface area contributed by atoms with Crippen LogP contribution in [0.2, 0.25) is 0 Å². The topological polar surface area (TPSA) is 98.0 Å². The molecule has 0 radical (unpaired) electrons. The number of hydrogen-bond donors (Lipinski definition) is 2. The summed E-state index contributed by atoms with van der Waals surface area (Å²) in [7, 11) is 2.89. The van der Waals surface area contributed by atoms with Gasteiger partial charge in [0, 0.05) is 33.1 Å². The van der Waals surface area contributed by atoms with E-state index in [0.29, 0.717) is 25.4 Å². The molecule has 0 unspecified atom stereocenters. The Kier molecular flexibility index (Phi) is 4.21. The van der Waals surface area contributed by atoms with Gasteiger partial charge in [-0.2, -0.15) is 0 Å². The molecule has 2 N–H and O–H groups in total. The van der Waals surface area contributed by atoms with Crippen molar-refractivity contribution in [3.8, 4) is 0 Å². The Labute approximate surface area is 115 Å². The molecule has 1 fully saturated rings. The van der Waals surface area contributed by atoms with E-state index >= 15 is 0 Å². The predicted molar refractivity (Wildman–Crippen MR) is 73.6 cm³/mol. The Balaban J connectivity index is 1.83. The Morgan fingerprint density at radius 3 is 2.70 bits per heavy atom. The van der Waals surface area contributed by atoms with Crippen molar-refractivity contribution in [3.63, 3.8) is 0 Å². The van der Waals surface area contributed by atoms with Crippen molar-refractivity contribution >= 4 is 11.7 Å². The average molecular weight is 281 g/mol. The average Bonchev–Trinajstić information content (AvgIpc) is 3.21. The molecule has 1 aliphatic carbocycles. The molecule has 20 heavy (non-hydrogen) atoms. The number of anilines is 1. The van der Waals surface area contributed by atoms with Crippen LogP contribution in [0.3, 0.4) is 0 Å². The molecule has 8 heteroatoms. The molecule has 2 rings (SSSR count). The van der Waals surface area contributed by atoms with E-state index in [0.717, 1.165) is 22.1 Å². The Morgan fingerprint density at radius 2 is 2.05 bits per heavy atom. The van der Waals surface area contributed by atoms with Gasteiger partial charge in [0.05, 0.1) is 0 Å². The third-order valence-corrected chi connectivity index (χ3v) is 3.14. The summed E-state index contributed by atoms with van der Waals surface area (Å²) in [6.07, 6.45) is 3.16. The highest BCUT2D eigenvalue weighted by Crippen LogP contribution is 2.18. The highest BCUT2D eigenvalue weighted by atomic mass is 16.2. The summed E-state index contributed by atoms with van der Waals surface area (Å²) in [6.45, 7) is 0.457. The lowest BCUT2D eigenvalue weighted by Gasteiger charge is -2.08. The highest BCUT2D eigenvalue weighted by molar-refractivity contribution is 5.76. The first kappa shape index (κ1) is 14.3. The molecule has 1 saturated carbocycles. The molecular weight excluding hydrogens is 262 g/mol. The van der Waals surface area contributed by atoms with E-state index in [1.165, 1.54) is 14.1 Å². The van der Waals surface area contributed by atoms with E-state index < -0.39 is 11.2 Å². The molecule has 0 spiro atoms. The van der Waals surface area contributed by atoms with Crippen LogP contribution in [0, 0.1) is 0 Å². The lowest BCUT2D eigenvalue weighted by atomic mass is 10.3. The van der Waals surface area contributed by atoms with E-state index in [4.69, 9.17) is 0 Å². The molecule has 1 amide bonds. The number of nitrogens with one attached hydrogen (secondary N) is 2. The molecule has 8 nitrogen and oxygen atoms in total. The van der Waals surface area contributed by atoms with Crippen molar-refractivity contribution in [1.82, 2.24) is 19.7 Å². The summed E-state index contributed by atoms with van der Waals surface area (Å²) in [5.41, 5.74) is -0.931. The Hall–Kier alpha value is -2.12. The smallest absolute Gasteiger partial charge is 0.346 e. The molecule has 1 aromatic rings. The van der Waals surface area contributed by atoms with Gasteiger partial charge in [-0.25, -0.2) is 9.48 Å². The van der Waals surface area contributed by atoms with Crippen LogP contribution in [0.25, 0.3) is 0 Å². The van der Waals surface area contributed by atoms with Crippen LogP contribution in [-0.4, -0.2) is 32.8 Å². The zero-order valence-electron chi connectivity index (χ0n) is 11.7. The van der Waals surface area contributed by atoms with Crippen LogP contribution in [-0.2, 0) is 18.9 Å². The van der Waals surface area contributed by atoms with Crippen LogP contribution in [0.4, 0.5) is 5.82 Å². The molecule has 1 heterocycles. The van der Waals surface area contributed by atoms with Gasteiger partial charge < -0.3 is 10.6 Å². The number of rotatable bonds is 6. The van der Waals surface area contributed by atoms with Crippen molar-refractivity contribution in [2.75, 3.05) is 11.9 Å². The first-order valence-electron chi connectivity index (χ1n) is 6.66. The molecule has 0 aromatic carbocycles. The van der Waals surface area contributed by atoms with Crippen molar-refractivity contribution in [1.29, 1.82) is 0 Å². The van der Waals surface area contributed by atoms with E-state index in [-0.39, 0.29) is 11.7 Å². The molecule has 0 atom stereocenters. The van der Waals surface area contributed by atoms with Crippen molar-refractivity contribution in [2.45, 2.75) is 31.7 Å².